The molecule has 1 aliphatic carbocycles. The first-order valence-electron chi connectivity index (χ1n) is 9.56. The van der Waals surface area contributed by atoms with Crippen molar-refractivity contribution >= 4 is 17.9 Å². The summed E-state index contributed by atoms with van der Waals surface area (Å²) in [7, 11) is 0. The average Bonchev–Trinajstić information content (AvgIpc) is 2.85. The largest absolute Gasteiger partial charge is 0.466 e. The Morgan fingerprint density at radius 3 is 2.56 bits per heavy atom. The van der Waals surface area contributed by atoms with Crippen LogP contribution in [-0.2, 0) is 28.6 Å². The van der Waals surface area contributed by atoms with Gasteiger partial charge < -0.3 is 14.2 Å². The number of carbonyl (C=O) groups is 3. The normalized spacial score (nSPS) is 25.9. The number of fused-ring (bicyclic) bond motifs is 1. The van der Waals surface area contributed by atoms with Crippen LogP contribution < -0.4 is 0 Å². The molecule has 0 amide bonds. The highest BCUT2D eigenvalue weighted by atomic mass is 16.6. The van der Waals surface area contributed by atoms with Crippen LogP contribution in [0.3, 0.4) is 0 Å². The number of ether oxygens (including phenoxy) is 3. The van der Waals surface area contributed by atoms with Crippen molar-refractivity contribution in [2.75, 3.05) is 6.61 Å². The van der Waals surface area contributed by atoms with Gasteiger partial charge in [-0.05, 0) is 31.3 Å². The number of hydrogen-bond donors (Lipinski definition) is 0. The zero-order valence-electron chi connectivity index (χ0n) is 16.9. The van der Waals surface area contributed by atoms with Crippen LogP contribution in [0, 0.1) is 17.8 Å². The molecule has 1 saturated heterocycles. The molecule has 6 heteroatoms. The summed E-state index contributed by atoms with van der Waals surface area (Å²) in [5.74, 6) is -1.49. The van der Waals surface area contributed by atoms with Gasteiger partial charge in [0.25, 0.3) is 0 Å². The molecule has 0 saturated carbocycles. The molecule has 0 unspecified atom stereocenters. The highest BCUT2D eigenvalue weighted by Crippen LogP contribution is 2.45. The standard InChI is InChI=1S/C21H30O6/c1-11(2)20(23)27-19-17(12(3)8-7-9-25-15(6)22)13(4)10-16-18(19)14(5)21(24)26-16/h11-12,16,18-19H,5,7-10H2,1-4,6H3/t12-,16+,18+,19+/m1/s1. The second kappa shape index (κ2) is 8.72. The number of esters is 3. The van der Waals surface area contributed by atoms with Crippen molar-refractivity contribution in [2.45, 2.75) is 66.1 Å². The van der Waals surface area contributed by atoms with Crippen molar-refractivity contribution in [2.24, 2.45) is 17.8 Å². The van der Waals surface area contributed by atoms with Crippen LogP contribution in [0.2, 0.25) is 0 Å². The summed E-state index contributed by atoms with van der Waals surface area (Å²) in [6.45, 7) is 13.3. The van der Waals surface area contributed by atoms with Gasteiger partial charge in [0.1, 0.15) is 12.2 Å². The Morgan fingerprint density at radius 2 is 1.96 bits per heavy atom. The molecule has 2 aliphatic rings. The van der Waals surface area contributed by atoms with Crippen LogP contribution in [-0.4, -0.2) is 36.7 Å². The smallest absolute Gasteiger partial charge is 0.334 e. The summed E-state index contributed by atoms with van der Waals surface area (Å²) in [5, 5.41) is 0. The van der Waals surface area contributed by atoms with Crippen LogP contribution in [0.1, 0.15) is 53.9 Å². The van der Waals surface area contributed by atoms with Crippen LogP contribution in [0.15, 0.2) is 23.3 Å². The van der Waals surface area contributed by atoms with E-state index < -0.39 is 12.1 Å². The number of rotatable bonds is 7. The van der Waals surface area contributed by atoms with E-state index in [1.807, 2.05) is 6.92 Å². The molecule has 27 heavy (non-hydrogen) atoms. The van der Waals surface area contributed by atoms with Gasteiger partial charge >= 0.3 is 17.9 Å². The molecule has 4 atom stereocenters. The number of hydrogen-bond acceptors (Lipinski definition) is 6. The van der Waals surface area contributed by atoms with Crippen LogP contribution in [0.5, 0.6) is 0 Å². The first kappa shape index (κ1) is 21.2. The Morgan fingerprint density at radius 1 is 1.30 bits per heavy atom. The van der Waals surface area contributed by atoms with Crippen LogP contribution in [0.25, 0.3) is 0 Å². The summed E-state index contributed by atoms with van der Waals surface area (Å²) in [5.41, 5.74) is 2.49. The number of carbonyl (C=O) groups excluding carboxylic acids is 3. The highest BCUT2D eigenvalue weighted by Gasteiger charge is 2.50. The van der Waals surface area contributed by atoms with Crippen molar-refractivity contribution in [1.29, 1.82) is 0 Å². The fraction of sp³-hybridized carbons (Fsp3) is 0.667. The first-order chi connectivity index (χ1) is 12.6. The average molecular weight is 378 g/mol. The van der Waals surface area contributed by atoms with Crippen LogP contribution in [0.4, 0.5) is 0 Å². The predicted molar refractivity (Wildman–Crippen MR) is 99.6 cm³/mol. The van der Waals surface area contributed by atoms with E-state index in [1.165, 1.54) is 6.92 Å². The van der Waals surface area contributed by atoms with E-state index in [4.69, 9.17) is 14.2 Å². The molecule has 0 N–H and O–H groups in total. The maximum Gasteiger partial charge on any atom is 0.334 e. The summed E-state index contributed by atoms with van der Waals surface area (Å²) in [6, 6.07) is 0. The molecule has 0 radical (unpaired) electrons. The third kappa shape index (κ3) is 4.79. The molecule has 0 aromatic heterocycles. The van der Waals surface area contributed by atoms with E-state index >= 15 is 0 Å². The lowest BCUT2D eigenvalue weighted by Crippen LogP contribution is -2.41. The second-order valence-corrected chi connectivity index (χ2v) is 7.83. The van der Waals surface area contributed by atoms with Crippen molar-refractivity contribution < 1.29 is 28.6 Å². The lowest BCUT2D eigenvalue weighted by Gasteiger charge is -2.37. The zero-order valence-corrected chi connectivity index (χ0v) is 16.9. The minimum Gasteiger partial charge on any atom is -0.466 e. The van der Waals surface area contributed by atoms with Gasteiger partial charge in [-0.3, -0.25) is 9.59 Å². The van der Waals surface area contributed by atoms with Gasteiger partial charge in [0.2, 0.25) is 0 Å². The van der Waals surface area contributed by atoms with E-state index in [9.17, 15) is 14.4 Å². The first-order valence-corrected chi connectivity index (χ1v) is 9.56. The predicted octanol–water partition coefficient (Wildman–Crippen LogP) is 3.35. The zero-order chi connectivity index (χ0) is 20.3. The summed E-state index contributed by atoms with van der Waals surface area (Å²) in [4.78, 5) is 35.3. The fourth-order valence-electron chi connectivity index (χ4n) is 3.91. The molecule has 0 spiro atoms. The Labute approximate surface area is 160 Å². The third-order valence-corrected chi connectivity index (χ3v) is 5.29. The summed E-state index contributed by atoms with van der Waals surface area (Å²) in [6.07, 6.45) is 1.25. The second-order valence-electron chi connectivity index (χ2n) is 7.83. The third-order valence-electron chi connectivity index (χ3n) is 5.29. The molecule has 1 fully saturated rings. The molecule has 150 valence electrons. The molecule has 1 aliphatic heterocycles. The molecule has 2 rings (SSSR count). The monoisotopic (exact) mass is 378 g/mol. The van der Waals surface area contributed by atoms with Gasteiger partial charge in [-0.2, -0.15) is 0 Å². The van der Waals surface area contributed by atoms with Crippen molar-refractivity contribution in [3.05, 3.63) is 23.3 Å². The minimum absolute atomic E-state index is 0.120. The molecular weight excluding hydrogens is 348 g/mol. The molecule has 1 heterocycles. The van der Waals surface area contributed by atoms with Gasteiger partial charge in [-0.15, -0.1) is 0 Å². The van der Waals surface area contributed by atoms with E-state index in [2.05, 4.69) is 13.5 Å². The quantitative estimate of drug-likeness (QED) is 0.222. The Bertz CT molecular complexity index is 660. The maximum absolute atomic E-state index is 12.3. The van der Waals surface area contributed by atoms with E-state index in [-0.39, 0.29) is 35.8 Å². The Balaban J connectivity index is 2.23. The fourth-order valence-corrected chi connectivity index (χ4v) is 3.91. The van der Waals surface area contributed by atoms with Crippen LogP contribution >= 0.6 is 0 Å². The van der Waals surface area contributed by atoms with Crippen molar-refractivity contribution in [3.63, 3.8) is 0 Å². The molecule has 0 bridgehead atoms. The molecular formula is C21H30O6. The molecule has 0 aromatic rings. The maximum atomic E-state index is 12.3. The van der Waals surface area contributed by atoms with Gasteiger partial charge in [0, 0.05) is 18.9 Å². The summed E-state index contributed by atoms with van der Waals surface area (Å²) >= 11 is 0. The van der Waals surface area contributed by atoms with Crippen molar-refractivity contribution in [3.8, 4) is 0 Å². The van der Waals surface area contributed by atoms with Gasteiger partial charge in [-0.1, -0.05) is 32.9 Å². The van der Waals surface area contributed by atoms with E-state index in [0.29, 0.717) is 25.0 Å². The Kier molecular flexibility index (Phi) is 6.84. The lowest BCUT2D eigenvalue weighted by molar-refractivity contribution is -0.155. The van der Waals surface area contributed by atoms with Gasteiger partial charge in [0.05, 0.1) is 18.4 Å². The van der Waals surface area contributed by atoms with Gasteiger partial charge in [0.15, 0.2) is 0 Å². The highest BCUT2D eigenvalue weighted by molar-refractivity contribution is 5.91. The molecule has 6 nitrogen and oxygen atoms in total. The van der Waals surface area contributed by atoms with E-state index in [1.54, 1.807) is 13.8 Å². The molecule has 0 aromatic carbocycles. The lowest BCUT2D eigenvalue weighted by atomic mass is 9.73. The topological polar surface area (TPSA) is 78.9 Å². The Hall–Kier alpha value is -2.11. The van der Waals surface area contributed by atoms with E-state index in [0.717, 1.165) is 17.6 Å². The SMILES string of the molecule is C=C1C(=O)O[C@H]2CC(C)=C([C@H](C)CCCOC(C)=O)[C@H](OC(=O)C(C)C)[C@@H]12. The van der Waals surface area contributed by atoms with Gasteiger partial charge in [-0.25, -0.2) is 4.79 Å². The summed E-state index contributed by atoms with van der Waals surface area (Å²) < 4.78 is 16.3. The minimum atomic E-state index is -0.540. The van der Waals surface area contributed by atoms with Crippen molar-refractivity contribution in [1.82, 2.24) is 0 Å².